The van der Waals surface area contributed by atoms with Crippen molar-refractivity contribution in [2.45, 2.75) is 45.6 Å². The Kier molecular flexibility index (Phi) is 4.50. The molecule has 2 aromatic heterocycles. The predicted octanol–water partition coefficient (Wildman–Crippen LogP) is 3.55. The summed E-state index contributed by atoms with van der Waals surface area (Å²) in [5.74, 6) is 2.09. The zero-order valence-corrected chi connectivity index (χ0v) is 18.8. The van der Waals surface area contributed by atoms with Crippen LogP contribution in [-0.2, 0) is 11.2 Å². The number of benzene rings is 1. The molecular weight excluding hydrogens is 402 g/mol. The molecule has 2 fully saturated rings. The van der Waals surface area contributed by atoms with E-state index in [1.165, 1.54) is 11.1 Å². The fourth-order valence-corrected chi connectivity index (χ4v) is 5.69. The largest absolute Gasteiger partial charge is 0.493 e. The average Bonchev–Trinajstić information content (AvgIpc) is 3.51. The zero-order chi connectivity index (χ0) is 21.9. The van der Waals surface area contributed by atoms with E-state index in [0.717, 1.165) is 68.4 Å². The van der Waals surface area contributed by atoms with Gasteiger partial charge in [-0.2, -0.15) is 9.61 Å². The van der Waals surface area contributed by atoms with Gasteiger partial charge in [0, 0.05) is 43.3 Å². The first-order valence-electron chi connectivity index (χ1n) is 11.6. The molecule has 3 aliphatic heterocycles. The Morgan fingerprint density at radius 2 is 2.00 bits per heavy atom. The lowest BCUT2D eigenvalue weighted by Crippen LogP contribution is -2.42. The molecule has 2 saturated heterocycles. The van der Waals surface area contributed by atoms with Gasteiger partial charge in [-0.15, -0.1) is 0 Å². The third kappa shape index (κ3) is 3.18. The van der Waals surface area contributed by atoms with E-state index in [2.05, 4.69) is 40.1 Å². The Morgan fingerprint density at radius 3 is 2.84 bits per heavy atom. The van der Waals surface area contributed by atoms with E-state index in [1.807, 2.05) is 24.0 Å². The fourth-order valence-electron chi connectivity index (χ4n) is 5.69. The molecule has 0 saturated carbocycles. The standard InChI is InChI=1S/C25H29N5O2/c1-17-13-23(30-22(27-17)5-9-26-30)29-16-25(15-24(29)31)7-10-28(11-8-25)18(2)20-4-3-19-6-12-32-21(19)14-20/h3-5,9,13-14,18H,6-8,10-12,15-16H2,1-2H3/t18-/m0/s1. The van der Waals surface area contributed by atoms with Crippen LogP contribution in [0.4, 0.5) is 5.82 Å². The number of fused-ring (bicyclic) bond motifs is 2. The van der Waals surface area contributed by atoms with Crippen LogP contribution in [0.1, 0.15) is 49.0 Å². The van der Waals surface area contributed by atoms with Crippen molar-refractivity contribution in [1.82, 2.24) is 19.5 Å². The van der Waals surface area contributed by atoms with E-state index in [0.29, 0.717) is 12.5 Å². The summed E-state index contributed by atoms with van der Waals surface area (Å²) < 4.78 is 7.57. The van der Waals surface area contributed by atoms with Gasteiger partial charge in [0.1, 0.15) is 11.6 Å². The summed E-state index contributed by atoms with van der Waals surface area (Å²) >= 11 is 0. The molecule has 0 radical (unpaired) electrons. The number of aromatic nitrogens is 3. The lowest BCUT2D eigenvalue weighted by molar-refractivity contribution is -0.118. The Balaban J connectivity index is 1.18. The van der Waals surface area contributed by atoms with Crippen molar-refractivity contribution in [1.29, 1.82) is 0 Å². The van der Waals surface area contributed by atoms with E-state index in [9.17, 15) is 4.79 Å². The Labute approximate surface area is 188 Å². The number of amides is 1. The van der Waals surface area contributed by atoms with Gasteiger partial charge in [-0.1, -0.05) is 12.1 Å². The second kappa shape index (κ2) is 7.30. The summed E-state index contributed by atoms with van der Waals surface area (Å²) in [6.45, 7) is 7.83. The molecule has 32 heavy (non-hydrogen) atoms. The first-order chi connectivity index (χ1) is 15.5. The van der Waals surface area contributed by atoms with Crippen LogP contribution < -0.4 is 9.64 Å². The van der Waals surface area contributed by atoms with Gasteiger partial charge in [-0.05, 0) is 62.4 Å². The normalized spacial score (nSPS) is 21.3. The van der Waals surface area contributed by atoms with Gasteiger partial charge in [-0.25, -0.2) is 4.98 Å². The van der Waals surface area contributed by atoms with E-state index in [4.69, 9.17) is 4.74 Å². The summed E-state index contributed by atoms with van der Waals surface area (Å²) in [6.07, 6.45) is 5.45. The molecule has 1 amide bonds. The molecule has 3 aliphatic rings. The molecule has 7 heteroatoms. The third-order valence-corrected chi connectivity index (χ3v) is 7.67. The quantitative estimate of drug-likeness (QED) is 0.635. The number of anilines is 1. The number of hydrogen-bond acceptors (Lipinski definition) is 5. The number of rotatable bonds is 3. The molecule has 1 atom stereocenters. The number of hydrogen-bond donors (Lipinski definition) is 0. The van der Waals surface area contributed by atoms with E-state index in [-0.39, 0.29) is 11.3 Å². The molecule has 166 valence electrons. The highest BCUT2D eigenvalue weighted by Crippen LogP contribution is 2.44. The van der Waals surface area contributed by atoms with E-state index >= 15 is 0 Å². The first-order valence-corrected chi connectivity index (χ1v) is 11.6. The van der Waals surface area contributed by atoms with Crippen molar-refractivity contribution < 1.29 is 9.53 Å². The molecule has 6 rings (SSSR count). The minimum absolute atomic E-state index is 0.0466. The number of nitrogens with zero attached hydrogens (tertiary/aromatic N) is 5. The van der Waals surface area contributed by atoms with Crippen molar-refractivity contribution in [3.05, 3.63) is 53.3 Å². The molecule has 5 heterocycles. The van der Waals surface area contributed by atoms with E-state index < -0.39 is 0 Å². The molecule has 7 nitrogen and oxygen atoms in total. The molecule has 1 spiro atoms. The van der Waals surface area contributed by atoms with Gasteiger partial charge in [0.15, 0.2) is 5.65 Å². The van der Waals surface area contributed by atoms with Crippen LogP contribution in [0.15, 0.2) is 36.5 Å². The lowest BCUT2D eigenvalue weighted by Gasteiger charge is -2.41. The highest BCUT2D eigenvalue weighted by molar-refractivity contribution is 5.95. The van der Waals surface area contributed by atoms with Crippen molar-refractivity contribution in [2.24, 2.45) is 5.41 Å². The topological polar surface area (TPSA) is 63.0 Å². The second-order valence-electron chi connectivity index (χ2n) is 9.69. The molecular formula is C25H29N5O2. The maximum Gasteiger partial charge on any atom is 0.228 e. The van der Waals surface area contributed by atoms with Gasteiger partial charge in [0.2, 0.25) is 5.91 Å². The summed E-state index contributed by atoms with van der Waals surface area (Å²) in [6, 6.07) is 10.9. The number of carbonyl (C=O) groups excluding carboxylic acids is 1. The highest BCUT2D eigenvalue weighted by atomic mass is 16.5. The van der Waals surface area contributed by atoms with Crippen LogP contribution in [-0.4, -0.2) is 51.6 Å². The van der Waals surface area contributed by atoms with Crippen molar-refractivity contribution in [2.75, 3.05) is 31.1 Å². The number of carbonyl (C=O) groups is 1. The monoisotopic (exact) mass is 431 g/mol. The van der Waals surface area contributed by atoms with Crippen LogP contribution in [0.5, 0.6) is 5.75 Å². The molecule has 0 unspecified atom stereocenters. The number of aryl methyl sites for hydroxylation is 1. The second-order valence-corrected chi connectivity index (χ2v) is 9.69. The molecule has 1 aromatic carbocycles. The zero-order valence-electron chi connectivity index (χ0n) is 18.8. The van der Waals surface area contributed by atoms with Gasteiger partial charge < -0.3 is 4.74 Å². The van der Waals surface area contributed by atoms with E-state index in [1.54, 1.807) is 10.7 Å². The minimum atomic E-state index is 0.0466. The smallest absolute Gasteiger partial charge is 0.228 e. The molecule has 0 N–H and O–H groups in total. The van der Waals surface area contributed by atoms with Crippen LogP contribution in [0.3, 0.4) is 0 Å². The van der Waals surface area contributed by atoms with Crippen LogP contribution in [0, 0.1) is 12.3 Å². The predicted molar refractivity (Wildman–Crippen MR) is 122 cm³/mol. The van der Waals surface area contributed by atoms with Gasteiger partial charge in [0.25, 0.3) is 0 Å². The van der Waals surface area contributed by atoms with Gasteiger partial charge in [0.05, 0.1) is 12.8 Å². The Hall–Kier alpha value is -2.93. The van der Waals surface area contributed by atoms with Crippen molar-refractivity contribution in [3.8, 4) is 5.75 Å². The molecule has 0 bridgehead atoms. The Bertz CT molecular complexity index is 1190. The number of ether oxygens (including phenoxy) is 1. The van der Waals surface area contributed by atoms with Gasteiger partial charge >= 0.3 is 0 Å². The van der Waals surface area contributed by atoms with Gasteiger partial charge in [-0.3, -0.25) is 14.6 Å². The summed E-state index contributed by atoms with van der Waals surface area (Å²) in [5.41, 5.74) is 4.38. The summed E-state index contributed by atoms with van der Waals surface area (Å²) in [7, 11) is 0. The van der Waals surface area contributed by atoms with Crippen molar-refractivity contribution >= 4 is 17.4 Å². The molecule has 3 aromatic rings. The number of piperidine rings is 1. The first kappa shape index (κ1) is 19.7. The molecule has 0 aliphatic carbocycles. The summed E-state index contributed by atoms with van der Waals surface area (Å²) in [5, 5.41) is 4.41. The van der Waals surface area contributed by atoms with Crippen LogP contribution in [0.2, 0.25) is 0 Å². The maximum absolute atomic E-state index is 13.1. The van der Waals surface area contributed by atoms with Crippen LogP contribution in [0.25, 0.3) is 5.65 Å². The third-order valence-electron chi connectivity index (χ3n) is 7.67. The maximum atomic E-state index is 13.1. The van der Waals surface area contributed by atoms with Crippen molar-refractivity contribution in [3.63, 3.8) is 0 Å². The van der Waals surface area contributed by atoms with Crippen LogP contribution >= 0.6 is 0 Å². The SMILES string of the molecule is Cc1cc(N2CC3(CCN([C@@H](C)c4ccc5c(c4)OCC5)CC3)CC2=O)n2nccc2n1. The Morgan fingerprint density at radius 1 is 1.16 bits per heavy atom. The number of likely N-dealkylation sites (tertiary alicyclic amines) is 1. The highest BCUT2D eigenvalue weighted by Gasteiger charge is 2.46. The minimum Gasteiger partial charge on any atom is -0.493 e. The fraction of sp³-hybridized carbons (Fsp3) is 0.480. The lowest BCUT2D eigenvalue weighted by atomic mass is 9.77. The average molecular weight is 432 g/mol. The summed E-state index contributed by atoms with van der Waals surface area (Å²) in [4.78, 5) is 22.1.